The molecule has 1 unspecified atom stereocenters. The number of ether oxygens (including phenoxy) is 1. The lowest BCUT2D eigenvalue weighted by Gasteiger charge is -2.12. The van der Waals surface area contributed by atoms with Gasteiger partial charge in [-0.05, 0) is 18.4 Å². The van der Waals surface area contributed by atoms with Crippen molar-refractivity contribution in [2.24, 2.45) is 0 Å². The summed E-state index contributed by atoms with van der Waals surface area (Å²) >= 11 is 0. The molecule has 0 aromatic carbocycles. The molecular formula is C7H9NO. The van der Waals surface area contributed by atoms with Crippen LogP contribution in [0.1, 0.15) is 6.42 Å². The molecule has 1 N–H and O–H groups in total. The molecule has 0 aromatic rings. The fourth-order valence-corrected chi connectivity index (χ4v) is 1.18. The van der Waals surface area contributed by atoms with Crippen LogP contribution in [-0.4, -0.2) is 12.6 Å². The fourth-order valence-electron chi connectivity index (χ4n) is 1.18. The van der Waals surface area contributed by atoms with Crippen LogP contribution in [0.25, 0.3) is 0 Å². The molecule has 9 heavy (non-hydrogen) atoms. The first-order chi connectivity index (χ1) is 4.47. The van der Waals surface area contributed by atoms with Gasteiger partial charge >= 0.3 is 0 Å². The molecule has 2 rings (SSSR count). The van der Waals surface area contributed by atoms with Crippen LogP contribution in [0.3, 0.4) is 0 Å². The van der Waals surface area contributed by atoms with Crippen LogP contribution < -0.4 is 5.32 Å². The first kappa shape index (κ1) is 4.91. The van der Waals surface area contributed by atoms with Crippen molar-refractivity contribution < 1.29 is 4.74 Å². The first-order valence-electron chi connectivity index (χ1n) is 3.22. The summed E-state index contributed by atoms with van der Waals surface area (Å²) in [6, 6.07) is 0.468. The first-order valence-corrected chi connectivity index (χ1v) is 3.22. The van der Waals surface area contributed by atoms with E-state index in [1.54, 1.807) is 0 Å². The van der Waals surface area contributed by atoms with E-state index in [4.69, 9.17) is 4.74 Å². The largest absolute Gasteiger partial charge is 0.496 e. The fraction of sp³-hybridized carbons (Fsp3) is 0.429. The van der Waals surface area contributed by atoms with E-state index in [1.807, 2.05) is 18.4 Å². The van der Waals surface area contributed by atoms with Gasteiger partial charge in [0.15, 0.2) is 0 Å². The van der Waals surface area contributed by atoms with Gasteiger partial charge in [0.1, 0.15) is 5.76 Å². The maximum Gasteiger partial charge on any atom is 0.118 e. The highest BCUT2D eigenvalue weighted by Crippen LogP contribution is 2.19. The summed E-state index contributed by atoms with van der Waals surface area (Å²) in [6.07, 6.45) is 7.06. The standard InChI is InChI=1S/C7H9NO/c1-2-7-6(8-4-1)3-5-9-7/h1-2,4,6,8H,3,5H2. The number of hydrogen-bond acceptors (Lipinski definition) is 2. The molecule has 2 heterocycles. The summed E-state index contributed by atoms with van der Waals surface area (Å²) < 4.78 is 5.30. The Bertz CT molecular complexity index is 172. The predicted octanol–water partition coefficient (Wildman–Crippen LogP) is 0.776. The molecule has 2 nitrogen and oxygen atoms in total. The summed E-state index contributed by atoms with van der Waals surface area (Å²) in [5, 5.41) is 3.21. The lowest BCUT2D eigenvalue weighted by molar-refractivity contribution is 0.260. The quantitative estimate of drug-likeness (QED) is 0.514. The molecule has 0 bridgehead atoms. The predicted molar refractivity (Wildman–Crippen MR) is 34.7 cm³/mol. The Hall–Kier alpha value is -0.920. The second-order valence-corrected chi connectivity index (χ2v) is 2.28. The number of dihydropyridines is 1. The normalized spacial score (nSPS) is 30.2. The van der Waals surface area contributed by atoms with E-state index in [0.717, 1.165) is 18.8 Å². The minimum Gasteiger partial charge on any atom is -0.496 e. The van der Waals surface area contributed by atoms with Crippen molar-refractivity contribution >= 4 is 0 Å². The highest BCUT2D eigenvalue weighted by atomic mass is 16.5. The zero-order chi connectivity index (χ0) is 6.10. The Morgan fingerprint density at radius 2 is 2.67 bits per heavy atom. The van der Waals surface area contributed by atoms with Crippen molar-refractivity contribution in [3.63, 3.8) is 0 Å². The molecule has 1 saturated heterocycles. The van der Waals surface area contributed by atoms with Crippen LogP contribution in [0, 0.1) is 0 Å². The topological polar surface area (TPSA) is 21.3 Å². The van der Waals surface area contributed by atoms with E-state index in [9.17, 15) is 0 Å². The van der Waals surface area contributed by atoms with Gasteiger partial charge in [-0.15, -0.1) is 0 Å². The second kappa shape index (κ2) is 1.79. The Morgan fingerprint density at radius 3 is 3.56 bits per heavy atom. The van der Waals surface area contributed by atoms with E-state index < -0.39 is 0 Å². The molecule has 1 atom stereocenters. The van der Waals surface area contributed by atoms with Gasteiger partial charge in [-0.3, -0.25) is 0 Å². The highest BCUT2D eigenvalue weighted by molar-refractivity contribution is 5.20. The summed E-state index contributed by atoms with van der Waals surface area (Å²) in [7, 11) is 0. The molecule has 1 fully saturated rings. The van der Waals surface area contributed by atoms with Gasteiger partial charge < -0.3 is 10.1 Å². The highest BCUT2D eigenvalue weighted by Gasteiger charge is 2.21. The van der Waals surface area contributed by atoms with Gasteiger partial charge in [-0.2, -0.15) is 0 Å². The molecule has 0 spiro atoms. The molecular weight excluding hydrogens is 114 g/mol. The van der Waals surface area contributed by atoms with E-state index in [1.165, 1.54) is 0 Å². The third-order valence-electron chi connectivity index (χ3n) is 1.67. The number of hydrogen-bond donors (Lipinski definition) is 1. The minimum absolute atomic E-state index is 0.468. The number of rotatable bonds is 0. The third kappa shape index (κ3) is 0.707. The number of allylic oxidation sites excluding steroid dienone is 2. The molecule has 0 radical (unpaired) electrons. The van der Waals surface area contributed by atoms with Crippen molar-refractivity contribution in [1.29, 1.82) is 0 Å². The minimum atomic E-state index is 0.468. The van der Waals surface area contributed by atoms with Crippen LogP contribution in [0.15, 0.2) is 24.1 Å². The Morgan fingerprint density at radius 1 is 1.67 bits per heavy atom. The van der Waals surface area contributed by atoms with Crippen molar-refractivity contribution in [1.82, 2.24) is 5.32 Å². The number of fused-ring (bicyclic) bond motifs is 1. The zero-order valence-electron chi connectivity index (χ0n) is 5.13. The Kier molecular flexibility index (Phi) is 0.979. The average molecular weight is 123 g/mol. The lowest BCUT2D eigenvalue weighted by atomic mass is 10.2. The van der Waals surface area contributed by atoms with E-state index in [-0.39, 0.29) is 0 Å². The van der Waals surface area contributed by atoms with E-state index in [0.29, 0.717) is 6.04 Å². The third-order valence-corrected chi connectivity index (χ3v) is 1.67. The van der Waals surface area contributed by atoms with Crippen LogP contribution in [0.4, 0.5) is 0 Å². The van der Waals surface area contributed by atoms with Crippen molar-refractivity contribution in [3.8, 4) is 0 Å². The smallest absolute Gasteiger partial charge is 0.118 e. The summed E-state index contributed by atoms with van der Waals surface area (Å²) in [6.45, 7) is 0.866. The Labute approximate surface area is 54.2 Å². The van der Waals surface area contributed by atoms with Gasteiger partial charge in [0.05, 0.1) is 12.6 Å². The van der Waals surface area contributed by atoms with Gasteiger partial charge in [0, 0.05) is 6.42 Å². The number of nitrogens with one attached hydrogen (secondary N) is 1. The zero-order valence-corrected chi connectivity index (χ0v) is 5.13. The maximum absolute atomic E-state index is 5.30. The Balaban J connectivity index is 2.23. The van der Waals surface area contributed by atoms with Crippen LogP contribution in [-0.2, 0) is 4.74 Å². The molecule has 0 amide bonds. The van der Waals surface area contributed by atoms with Crippen molar-refractivity contribution in [2.75, 3.05) is 6.61 Å². The van der Waals surface area contributed by atoms with E-state index >= 15 is 0 Å². The van der Waals surface area contributed by atoms with Gasteiger partial charge in [-0.1, -0.05) is 0 Å². The van der Waals surface area contributed by atoms with Crippen molar-refractivity contribution in [3.05, 3.63) is 24.1 Å². The molecule has 0 aromatic heterocycles. The molecule has 2 heteroatoms. The maximum atomic E-state index is 5.30. The van der Waals surface area contributed by atoms with Gasteiger partial charge in [0.2, 0.25) is 0 Å². The summed E-state index contributed by atoms with van der Waals surface area (Å²) in [4.78, 5) is 0. The lowest BCUT2D eigenvalue weighted by Crippen LogP contribution is -2.24. The van der Waals surface area contributed by atoms with Gasteiger partial charge in [0.25, 0.3) is 0 Å². The van der Waals surface area contributed by atoms with Crippen LogP contribution >= 0.6 is 0 Å². The summed E-state index contributed by atoms with van der Waals surface area (Å²) in [5.41, 5.74) is 0. The van der Waals surface area contributed by atoms with Crippen LogP contribution in [0.2, 0.25) is 0 Å². The SMILES string of the molecule is C1=CNC2CCOC2=C1. The van der Waals surface area contributed by atoms with Crippen molar-refractivity contribution in [2.45, 2.75) is 12.5 Å². The van der Waals surface area contributed by atoms with Crippen LogP contribution in [0.5, 0.6) is 0 Å². The molecule has 2 aliphatic rings. The monoisotopic (exact) mass is 123 g/mol. The van der Waals surface area contributed by atoms with E-state index in [2.05, 4.69) is 5.32 Å². The molecule has 48 valence electrons. The molecule has 0 saturated carbocycles. The molecule has 2 aliphatic heterocycles. The molecule has 0 aliphatic carbocycles. The summed E-state index contributed by atoms with van der Waals surface area (Å²) in [5.74, 6) is 1.09. The van der Waals surface area contributed by atoms with Gasteiger partial charge in [-0.25, -0.2) is 0 Å². The average Bonchev–Trinajstić information content (AvgIpc) is 2.33. The second-order valence-electron chi connectivity index (χ2n) is 2.28.